The van der Waals surface area contributed by atoms with Crippen LogP contribution in [0.2, 0.25) is 0 Å². The van der Waals surface area contributed by atoms with Crippen LogP contribution >= 0.6 is 11.3 Å². The van der Waals surface area contributed by atoms with E-state index in [4.69, 9.17) is 0 Å². The van der Waals surface area contributed by atoms with E-state index in [9.17, 15) is 0 Å². The molecule has 0 fully saturated rings. The first-order valence-electron chi connectivity index (χ1n) is 23.5. The van der Waals surface area contributed by atoms with Crippen molar-refractivity contribution < 1.29 is 0 Å². The molecule has 3 aliphatic rings. The Labute approximate surface area is 395 Å². The number of benzene rings is 10. The lowest BCUT2D eigenvalue weighted by Gasteiger charge is -2.49. The van der Waals surface area contributed by atoms with Crippen LogP contribution in [0, 0.1) is 0 Å². The van der Waals surface area contributed by atoms with Crippen LogP contribution in [0.15, 0.2) is 237 Å². The summed E-state index contributed by atoms with van der Waals surface area (Å²) < 4.78 is 2.61. The summed E-state index contributed by atoms with van der Waals surface area (Å²) in [6, 6.07) is 89.6. The lowest BCUT2D eigenvalue weighted by Crippen LogP contribution is -2.44. The first kappa shape index (κ1) is 38.5. The standard InChI is InChI=1S/C65H45NS/c1-63(2)54-26-12-9-22-48(54)50-38-36-47(41-59(50)63)66(46-37-39-61-53(40-46)51-24-11-16-31-60(51)67-61)45-34-32-44(33-35-45)64(42-18-5-3-6-19-42)56-28-14-15-29-57(56)65(43-20-7-4-8-21-43)55-27-13-10-23-49(55)52-25-17-30-58(64)62(52)65/h3-41H,1-2H3. The van der Waals surface area contributed by atoms with Crippen LogP contribution in [-0.2, 0) is 16.2 Å². The molecular formula is C65H45NS. The maximum absolute atomic E-state index is 2.48. The van der Waals surface area contributed by atoms with Gasteiger partial charge in [0.15, 0.2) is 0 Å². The van der Waals surface area contributed by atoms with Gasteiger partial charge in [-0.3, -0.25) is 0 Å². The highest BCUT2D eigenvalue weighted by atomic mass is 32.1. The molecule has 1 heterocycles. The summed E-state index contributed by atoms with van der Waals surface area (Å²) in [5, 5.41) is 2.59. The van der Waals surface area contributed by atoms with Crippen molar-refractivity contribution in [3.63, 3.8) is 0 Å². The number of rotatable bonds is 6. The highest BCUT2D eigenvalue weighted by Crippen LogP contribution is 2.66. The Morgan fingerprint density at radius 3 is 1.55 bits per heavy atom. The summed E-state index contributed by atoms with van der Waals surface area (Å²) in [5.74, 6) is 0. The Morgan fingerprint density at radius 2 is 0.806 bits per heavy atom. The highest BCUT2D eigenvalue weighted by molar-refractivity contribution is 7.25. The van der Waals surface area contributed by atoms with Crippen LogP contribution in [0.4, 0.5) is 17.1 Å². The lowest BCUT2D eigenvalue weighted by atomic mass is 9.52. The van der Waals surface area contributed by atoms with E-state index in [1.54, 1.807) is 0 Å². The van der Waals surface area contributed by atoms with Gasteiger partial charge in [0.05, 0.1) is 10.8 Å². The van der Waals surface area contributed by atoms with Crippen molar-refractivity contribution in [3.05, 3.63) is 292 Å². The number of nitrogens with zero attached hydrogens (tertiary/aromatic N) is 1. The molecular weight excluding hydrogens is 827 g/mol. The molecule has 0 aliphatic heterocycles. The molecule has 0 saturated carbocycles. The van der Waals surface area contributed by atoms with Crippen LogP contribution in [0.3, 0.4) is 0 Å². The zero-order valence-corrected chi connectivity index (χ0v) is 38.2. The molecule has 67 heavy (non-hydrogen) atoms. The monoisotopic (exact) mass is 871 g/mol. The average Bonchev–Trinajstić information content (AvgIpc) is 3.99. The summed E-state index contributed by atoms with van der Waals surface area (Å²) in [6.07, 6.45) is 0. The number of hydrogen-bond donors (Lipinski definition) is 0. The van der Waals surface area contributed by atoms with E-state index in [2.05, 4.69) is 255 Å². The van der Waals surface area contributed by atoms with Gasteiger partial charge in [-0.1, -0.05) is 202 Å². The van der Waals surface area contributed by atoms with E-state index >= 15 is 0 Å². The van der Waals surface area contributed by atoms with E-state index in [1.165, 1.54) is 98.1 Å². The predicted molar refractivity (Wildman–Crippen MR) is 281 cm³/mol. The highest BCUT2D eigenvalue weighted by Gasteiger charge is 2.57. The molecule has 2 atom stereocenters. The van der Waals surface area contributed by atoms with Gasteiger partial charge in [0.2, 0.25) is 0 Å². The van der Waals surface area contributed by atoms with Gasteiger partial charge >= 0.3 is 0 Å². The summed E-state index contributed by atoms with van der Waals surface area (Å²) in [5.41, 5.74) is 20.7. The van der Waals surface area contributed by atoms with Gasteiger partial charge in [-0.2, -0.15) is 0 Å². The van der Waals surface area contributed by atoms with Crippen LogP contribution in [0.1, 0.15) is 69.5 Å². The first-order valence-corrected chi connectivity index (χ1v) is 24.3. The third-order valence-corrected chi connectivity index (χ3v) is 16.8. The topological polar surface area (TPSA) is 3.24 Å². The summed E-state index contributed by atoms with van der Waals surface area (Å²) >= 11 is 1.87. The number of fused-ring (bicyclic) bond motifs is 11. The van der Waals surface area contributed by atoms with Gasteiger partial charge in [0.1, 0.15) is 0 Å². The normalized spacial score (nSPS) is 17.9. The maximum Gasteiger partial charge on any atom is 0.0720 e. The Hall–Kier alpha value is -7.78. The van der Waals surface area contributed by atoms with Crippen molar-refractivity contribution in [3.8, 4) is 22.3 Å². The largest absolute Gasteiger partial charge is 0.310 e. The third-order valence-electron chi connectivity index (χ3n) is 15.6. The van der Waals surface area contributed by atoms with Crippen molar-refractivity contribution in [2.75, 3.05) is 4.90 Å². The van der Waals surface area contributed by atoms with E-state index < -0.39 is 10.8 Å². The molecule has 0 bridgehead atoms. The number of thiophene rings is 1. The quantitative estimate of drug-likeness (QED) is 0.161. The van der Waals surface area contributed by atoms with Crippen molar-refractivity contribution >= 4 is 48.6 Å². The Morgan fingerprint density at radius 1 is 0.313 bits per heavy atom. The molecule has 0 N–H and O–H groups in total. The lowest BCUT2D eigenvalue weighted by molar-refractivity contribution is 0.626. The second-order valence-electron chi connectivity index (χ2n) is 19.1. The molecule has 2 heteroatoms. The minimum absolute atomic E-state index is 0.133. The minimum atomic E-state index is -0.620. The third kappa shape index (κ3) is 5.09. The minimum Gasteiger partial charge on any atom is -0.310 e. The Bertz CT molecular complexity index is 3790. The van der Waals surface area contributed by atoms with Gasteiger partial charge < -0.3 is 4.90 Å². The van der Waals surface area contributed by atoms with Gasteiger partial charge in [0.25, 0.3) is 0 Å². The number of anilines is 3. The van der Waals surface area contributed by atoms with Crippen molar-refractivity contribution in [2.24, 2.45) is 0 Å². The molecule has 11 aromatic rings. The molecule has 0 saturated heterocycles. The average molecular weight is 872 g/mol. The number of hydrogen-bond acceptors (Lipinski definition) is 2. The predicted octanol–water partition coefficient (Wildman–Crippen LogP) is 16.9. The molecule has 0 radical (unpaired) electrons. The second-order valence-corrected chi connectivity index (χ2v) is 20.2. The summed E-state index contributed by atoms with van der Waals surface area (Å²) in [6.45, 7) is 4.75. The molecule has 3 aliphatic carbocycles. The zero-order chi connectivity index (χ0) is 44.5. The molecule has 1 aromatic heterocycles. The molecule has 1 nitrogen and oxygen atoms in total. The molecule has 14 rings (SSSR count). The summed E-state index contributed by atoms with van der Waals surface area (Å²) in [4.78, 5) is 2.48. The van der Waals surface area contributed by atoms with E-state index in [0.29, 0.717) is 0 Å². The van der Waals surface area contributed by atoms with Crippen molar-refractivity contribution in [2.45, 2.75) is 30.1 Å². The van der Waals surface area contributed by atoms with Gasteiger partial charge in [-0.05, 0) is 126 Å². The van der Waals surface area contributed by atoms with E-state index in [-0.39, 0.29) is 5.41 Å². The van der Waals surface area contributed by atoms with Crippen molar-refractivity contribution in [1.82, 2.24) is 0 Å². The molecule has 10 aromatic carbocycles. The van der Waals surface area contributed by atoms with Crippen LogP contribution in [0.5, 0.6) is 0 Å². The molecule has 0 spiro atoms. The van der Waals surface area contributed by atoms with Crippen LogP contribution in [0.25, 0.3) is 42.4 Å². The molecule has 2 unspecified atom stereocenters. The fourth-order valence-corrected chi connectivity index (χ4v) is 13.9. The van der Waals surface area contributed by atoms with Crippen molar-refractivity contribution in [1.29, 1.82) is 0 Å². The first-order chi connectivity index (χ1) is 33.0. The SMILES string of the molecule is CC1(C)c2ccccc2-c2ccc(N(c3ccc(C4(c5ccccc5)c5ccccc5C5(c6ccccc6)c6ccccc6-c6cccc4c65)cc3)c3ccc4sc5ccccc5c4c3)cc21. The second kappa shape index (κ2) is 14.1. The fourth-order valence-electron chi connectivity index (χ4n) is 12.8. The molecule has 0 amide bonds. The van der Waals surface area contributed by atoms with E-state index in [1.807, 2.05) is 11.3 Å². The van der Waals surface area contributed by atoms with E-state index in [0.717, 1.165) is 17.1 Å². The fraction of sp³-hybridized carbons (Fsp3) is 0.0769. The Balaban J connectivity index is 1.02. The van der Waals surface area contributed by atoms with Gasteiger partial charge in [-0.15, -0.1) is 11.3 Å². The summed E-state index contributed by atoms with van der Waals surface area (Å²) in [7, 11) is 0. The molecule has 316 valence electrons. The Kier molecular flexibility index (Phi) is 8.11. The van der Waals surface area contributed by atoms with Gasteiger partial charge in [-0.25, -0.2) is 0 Å². The zero-order valence-electron chi connectivity index (χ0n) is 37.4. The van der Waals surface area contributed by atoms with Crippen LogP contribution in [-0.4, -0.2) is 0 Å². The van der Waals surface area contributed by atoms with Gasteiger partial charge in [0, 0.05) is 42.6 Å². The van der Waals surface area contributed by atoms with Crippen LogP contribution < -0.4 is 4.90 Å². The maximum atomic E-state index is 2.48. The smallest absolute Gasteiger partial charge is 0.0720 e.